The molecule has 0 aliphatic rings. The van der Waals surface area contributed by atoms with Crippen LogP contribution in [0.2, 0.25) is 0 Å². The summed E-state index contributed by atoms with van der Waals surface area (Å²) in [6.07, 6.45) is 0.523. The number of alkyl halides is 1. The Morgan fingerprint density at radius 1 is 1.57 bits per heavy atom. The van der Waals surface area contributed by atoms with E-state index in [1.165, 1.54) is 18.9 Å². The zero-order valence-electron chi connectivity index (χ0n) is 7.99. The number of benzene rings is 1. The van der Waals surface area contributed by atoms with E-state index in [2.05, 4.69) is 0 Å². The van der Waals surface area contributed by atoms with E-state index in [9.17, 15) is 9.18 Å². The maximum absolute atomic E-state index is 13.2. The van der Waals surface area contributed by atoms with Gasteiger partial charge in [-0.2, -0.15) is 0 Å². The first-order valence-corrected chi connectivity index (χ1v) is 5.27. The standard InChI is InChI=1S/C10H11FO2S/c1-13-10-7(8(11)6-12)4-3-5-9(10)14-2/h3-6,8H,1-2H3. The number of halogens is 1. The number of ether oxygens (including phenoxy) is 1. The van der Waals surface area contributed by atoms with Crippen molar-refractivity contribution in [1.29, 1.82) is 0 Å². The van der Waals surface area contributed by atoms with Crippen LogP contribution in [-0.2, 0) is 4.79 Å². The molecule has 4 heteroatoms. The van der Waals surface area contributed by atoms with Gasteiger partial charge in [0.15, 0.2) is 12.5 Å². The average Bonchev–Trinajstić information content (AvgIpc) is 2.26. The molecule has 1 aromatic carbocycles. The Hall–Kier alpha value is -1.03. The van der Waals surface area contributed by atoms with E-state index >= 15 is 0 Å². The van der Waals surface area contributed by atoms with Gasteiger partial charge in [0.05, 0.1) is 7.11 Å². The Labute approximate surface area is 86.5 Å². The molecular formula is C10H11FO2S. The Morgan fingerprint density at radius 3 is 2.79 bits per heavy atom. The van der Waals surface area contributed by atoms with E-state index < -0.39 is 6.17 Å². The summed E-state index contributed by atoms with van der Waals surface area (Å²) in [5.41, 5.74) is 0.286. The van der Waals surface area contributed by atoms with Gasteiger partial charge < -0.3 is 4.74 Å². The molecule has 0 saturated heterocycles. The SMILES string of the molecule is COc1c(SC)cccc1C(F)C=O. The Morgan fingerprint density at radius 2 is 2.29 bits per heavy atom. The molecule has 0 bridgehead atoms. The highest BCUT2D eigenvalue weighted by Gasteiger charge is 2.16. The molecule has 1 atom stereocenters. The molecule has 2 nitrogen and oxygen atoms in total. The lowest BCUT2D eigenvalue weighted by molar-refractivity contribution is -0.112. The average molecular weight is 214 g/mol. The van der Waals surface area contributed by atoms with E-state index in [0.717, 1.165) is 4.90 Å². The summed E-state index contributed by atoms with van der Waals surface area (Å²) in [6, 6.07) is 5.09. The molecule has 0 heterocycles. The molecule has 0 fully saturated rings. The molecule has 1 aromatic rings. The molecule has 0 aliphatic carbocycles. The van der Waals surface area contributed by atoms with Gasteiger partial charge in [0, 0.05) is 10.5 Å². The van der Waals surface area contributed by atoms with Crippen molar-refractivity contribution in [2.24, 2.45) is 0 Å². The third kappa shape index (κ3) is 2.07. The largest absolute Gasteiger partial charge is 0.495 e. The number of para-hydroxylation sites is 1. The molecule has 14 heavy (non-hydrogen) atoms. The fourth-order valence-corrected chi connectivity index (χ4v) is 1.80. The first kappa shape index (κ1) is 11.0. The second-order valence-corrected chi connectivity index (χ2v) is 3.47. The number of carbonyl (C=O) groups is 1. The zero-order chi connectivity index (χ0) is 10.6. The maximum Gasteiger partial charge on any atom is 0.184 e. The summed E-state index contributed by atoms with van der Waals surface area (Å²) in [7, 11) is 1.47. The quantitative estimate of drug-likeness (QED) is 0.569. The van der Waals surface area contributed by atoms with Gasteiger partial charge in [0.2, 0.25) is 0 Å². The van der Waals surface area contributed by atoms with Crippen LogP contribution >= 0.6 is 11.8 Å². The van der Waals surface area contributed by atoms with Gasteiger partial charge in [-0.1, -0.05) is 12.1 Å². The van der Waals surface area contributed by atoms with Gasteiger partial charge in [-0.3, -0.25) is 4.79 Å². The fourth-order valence-electron chi connectivity index (χ4n) is 1.20. The molecule has 0 aromatic heterocycles. The summed E-state index contributed by atoms with van der Waals surface area (Å²) < 4.78 is 18.2. The smallest absolute Gasteiger partial charge is 0.184 e. The molecule has 76 valence electrons. The first-order chi connectivity index (χ1) is 6.74. The number of carbonyl (C=O) groups excluding carboxylic acids is 1. The lowest BCUT2D eigenvalue weighted by Gasteiger charge is -2.11. The molecule has 1 unspecified atom stereocenters. The molecule has 0 N–H and O–H groups in total. The highest BCUT2D eigenvalue weighted by atomic mass is 32.2. The van der Waals surface area contributed by atoms with E-state index in [4.69, 9.17) is 4.74 Å². The van der Waals surface area contributed by atoms with Gasteiger partial charge in [0.1, 0.15) is 5.75 Å². The van der Waals surface area contributed by atoms with E-state index in [1.807, 2.05) is 12.3 Å². The molecular weight excluding hydrogens is 203 g/mol. The van der Waals surface area contributed by atoms with E-state index in [0.29, 0.717) is 5.75 Å². The molecule has 0 saturated carbocycles. The number of hydrogen-bond donors (Lipinski definition) is 0. The monoisotopic (exact) mass is 214 g/mol. The molecule has 0 radical (unpaired) electrons. The number of aldehydes is 1. The maximum atomic E-state index is 13.2. The molecule has 0 amide bonds. The van der Waals surface area contributed by atoms with Crippen LogP contribution < -0.4 is 4.74 Å². The van der Waals surface area contributed by atoms with Crippen LogP contribution in [0.15, 0.2) is 23.1 Å². The topological polar surface area (TPSA) is 26.3 Å². The normalized spacial score (nSPS) is 12.2. The Balaban J connectivity index is 3.21. The van der Waals surface area contributed by atoms with E-state index in [-0.39, 0.29) is 11.8 Å². The summed E-state index contributed by atoms with van der Waals surface area (Å²) >= 11 is 1.45. The van der Waals surface area contributed by atoms with Crippen LogP contribution in [0.3, 0.4) is 0 Å². The van der Waals surface area contributed by atoms with Crippen molar-refractivity contribution in [2.75, 3.05) is 13.4 Å². The highest BCUT2D eigenvalue weighted by Crippen LogP contribution is 2.34. The minimum Gasteiger partial charge on any atom is -0.495 e. The lowest BCUT2D eigenvalue weighted by atomic mass is 10.1. The van der Waals surface area contributed by atoms with Gasteiger partial charge in [-0.25, -0.2) is 4.39 Å². The van der Waals surface area contributed by atoms with Gasteiger partial charge in [0.25, 0.3) is 0 Å². The first-order valence-electron chi connectivity index (χ1n) is 4.04. The number of thioether (sulfide) groups is 1. The molecule has 0 aliphatic heterocycles. The van der Waals surface area contributed by atoms with Gasteiger partial charge >= 0.3 is 0 Å². The van der Waals surface area contributed by atoms with Gasteiger partial charge in [-0.15, -0.1) is 11.8 Å². The fraction of sp³-hybridized carbons (Fsp3) is 0.300. The van der Waals surface area contributed by atoms with Crippen LogP contribution in [0, 0.1) is 0 Å². The van der Waals surface area contributed by atoms with Crippen molar-refractivity contribution in [3.8, 4) is 5.75 Å². The van der Waals surface area contributed by atoms with Crippen molar-refractivity contribution in [3.05, 3.63) is 23.8 Å². The second kappa shape index (κ2) is 5.00. The third-order valence-corrected chi connectivity index (χ3v) is 2.61. The predicted molar refractivity (Wildman–Crippen MR) is 54.7 cm³/mol. The van der Waals surface area contributed by atoms with Crippen LogP contribution in [0.4, 0.5) is 4.39 Å². The summed E-state index contributed by atoms with van der Waals surface area (Å²) in [6.45, 7) is 0. The zero-order valence-corrected chi connectivity index (χ0v) is 8.81. The minimum absolute atomic E-state index is 0.266. The van der Waals surface area contributed by atoms with Crippen molar-refractivity contribution in [1.82, 2.24) is 0 Å². The highest BCUT2D eigenvalue weighted by molar-refractivity contribution is 7.98. The lowest BCUT2D eigenvalue weighted by Crippen LogP contribution is -1.98. The van der Waals surface area contributed by atoms with Crippen molar-refractivity contribution in [2.45, 2.75) is 11.1 Å². The summed E-state index contributed by atoms with van der Waals surface area (Å²) in [5, 5.41) is 0. The Bertz CT molecular complexity index is 328. The minimum atomic E-state index is -1.61. The third-order valence-electron chi connectivity index (χ3n) is 1.85. The van der Waals surface area contributed by atoms with Crippen LogP contribution in [0.5, 0.6) is 5.75 Å². The summed E-state index contributed by atoms with van der Waals surface area (Å²) in [4.78, 5) is 11.2. The molecule has 1 rings (SSSR count). The number of methoxy groups -OCH3 is 1. The van der Waals surface area contributed by atoms with E-state index in [1.54, 1.807) is 12.1 Å². The Kier molecular flexibility index (Phi) is 3.95. The number of rotatable bonds is 4. The molecule has 0 spiro atoms. The summed E-state index contributed by atoms with van der Waals surface area (Å²) in [5.74, 6) is 0.444. The van der Waals surface area contributed by atoms with Gasteiger partial charge in [-0.05, 0) is 12.3 Å². The van der Waals surface area contributed by atoms with Crippen LogP contribution in [0.25, 0.3) is 0 Å². The van der Waals surface area contributed by atoms with Crippen LogP contribution in [-0.4, -0.2) is 19.7 Å². The van der Waals surface area contributed by atoms with Crippen molar-refractivity contribution < 1.29 is 13.9 Å². The van der Waals surface area contributed by atoms with Crippen molar-refractivity contribution in [3.63, 3.8) is 0 Å². The number of hydrogen-bond acceptors (Lipinski definition) is 3. The van der Waals surface area contributed by atoms with Crippen LogP contribution in [0.1, 0.15) is 11.7 Å². The van der Waals surface area contributed by atoms with Crippen molar-refractivity contribution >= 4 is 18.0 Å². The predicted octanol–water partition coefficient (Wildman–Crippen LogP) is 2.63. The second-order valence-electron chi connectivity index (χ2n) is 2.62.